The van der Waals surface area contributed by atoms with Gasteiger partial charge in [0.05, 0.1) is 29.2 Å². The van der Waals surface area contributed by atoms with Gasteiger partial charge in [-0.15, -0.1) is 0 Å². The monoisotopic (exact) mass is 582 g/mol. The number of fused-ring (bicyclic) bond motifs is 1. The molecule has 4 aromatic rings. The van der Waals surface area contributed by atoms with Gasteiger partial charge in [-0.05, 0) is 48.0 Å². The van der Waals surface area contributed by atoms with Crippen molar-refractivity contribution in [1.82, 2.24) is 9.66 Å². The number of hydrogen-bond donors (Lipinski definition) is 1. The van der Waals surface area contributed by atoms with Crippen LogP contribution in [0.15, 0.2) is 75.0 Å². The zero-order valence-electron chi connectivity index (χ0n) is 20.4. The van der Waals surface area contributed by atoms with Crippen LogP contribution in [-0.2, 0) is 4.79 Å². The summed E-state index contributed by atoms with van der Waals surface area (Å²) in [5.41, 5.74) is 1.55. The first kappa shape index (κ1) is 26.4. The summed E-state index contributed by atoms with van der Waals surface area (Å²) in [4.78, 5) is 30.1. The number of benzene rings is 3. The lowest BCUT2D eigenvalue weighted by Gasteiger charge is -2.14. The lowest BCUT2D eigenvalue weighted by atomic mass is 10.2. The Morgan fingerprint density at radius 1 is 1.19 bits per heavy atom. The maximum absolute atomic E-state index is 13.2. The third-order valence-electron chi connectivity index (χ3n) is 5.33. The van der Waals surface area contributed by atoms with Crippen LogP contribution in [0, 0.1) is 0 Å². The Morgan fingerprint density at radius 3 is 2.65 bits per heavy atom. The van der Waals surface area contributed by atoms with E-state index >= 15 is 0 Å². The van der Waals surface area contributed by atoms with Crippen molar-refractivity contribution in [3.8, 4) is 11.5 Å². The van der Waals surface area contributed by atoms with Crippen molar-refractivity contribution in [2.45, 2.75) is 19.8 Å². The molecular formula is C27H24BrClN4O4. The van der Waals surface area contributed by atoms with Crippen molar-refractivity contribution in [3.05, 3.63) is 91.9 Å². The Labute approximate surface area is 227 Å². The van der Waals surface area contributed by atoms with Crippen LogP contribution in [0.2, 0.25) is 5.02 Å². The van der Waals surface area contributed by atoms with Crippen molar-refractivity contribution in [3.63, 3.8) is 0 Å². The lowest BCUT2D eigenvalue weighted by Crippen LogP contribution is -2.23. The minimum Gasteiger partial charge on any atom is -0.493 e. The molecule has 0 radical (unpaired) electrons. The van der Waals surface area contributed by atoms with Gasteiger partial charge in [0, 0.05) is 16.1 Å². The van der Waals surface area contributed by atoms with E-state index in [4.69, 9.17) is 21.1 Å². The molecule has 0 bridgehead atoms. The highest BCUT2D eigenvalue weighted by atomic mass is 79.9. The van der Waals surface area contributed by atoms with Crippen LogP contribution < -0.4 is 20.3 Å². The molecule has 10 heteroatoms. The molecule has 4 rings (SSSR count). The molecule has 190 valence electrons. The Hall–Kier alpha value is -3.69. The van der Waals surface area contributed by atoms with Gasteiger partial charge in [0.2, 0.25) is 0 Å². The molecule has 0 atom stereocenters. The minimum atomic E-state index is -0.342. The van der Waals surface area contributed by atoms with Crippen LogP contribution in [0.1, 0.15) is 31.2 Å². The van der Waals surface area contributed by atoms with Crippen LogP contribution in [-0.4, -0.2) is 35.5 Å². The molecule has 0 aliphatic carbocycles. The van der Waals surface area contributed by atoms with E-state index in [2.05, 4.69) is 31.3 Å². The zero-order chi connectivity index (χ0) is 26.5. The number of carbonyl (C=O) groups excluding carboxylic acids is 1. The van der Waals surface area contributed by atoms with E-state index < -0.39 is 0 Å². The number of carbonyl (C=O) groups is 1. The highest BCUT2D eigenvalue weighted by molar-refractivity contribution is 9.10. The standard InChI is InChI=1S/C27H24BrClN4O4/c1-16(2)26-32-22-10-9-18(28)13-20(22)27(35)33(26)30-14-17-11-21(29)25(23(12-17)36-3)37-15-24(34)31-19-7-5-4-6-8-19/h4-14,16H,15H2,1-3H3,(H,31,34). The van der Waals surface area contributed by atoms with Gasteiger partial charge in [0.25, 0.3) is 11.5 Å². The fourth-order valence-electron chi connectivity index (χ4n) is 3.59. The number of nitrogens with one attached hydrogen (secondary N) is 1. The summed E-state index contributed by atoms with van der Waals surface area (Å²) >= 11 is 9.87. The predicted octanol–water partition coefficient (Wildman–Crippen LogP) is 5.84. The predicted molar refractivity (Wildman–Crippen MR) is 149 cm³/mol. The highest BCUT2D eigenvalue weighted by Gasteiger charge is 2.16. The first-order valence-corrected chi connectivity index (χ1v) is 12.6. The molecule has 37 heavy (non-hydrogen) atoms. The van der Waals surface area contributed by atoms with E-state index in [-0.39, 0.29) is 34.8 Å². The number of amides is 1. The highest BCUT2D eigenvalue weighted by Crippen LogP contribution is 2.36. The van der Waals surface area contributed by atoms with Gasteiger partial charge in [-0.1, -0.05) is 59.6 Å². The maximum atomic E-state index is 13.2. The second-order valence-electron chi connectivity index (χ2n) is 8.38. The van der Waals surface area contributed by atoms with Crippen LogP contribution >= 0.6 is 27.5 Å². The Balaban J connectivity index is 1.60. The summed E-state index contributed by atoms with van der Waals surface area (Å²) in [6.45, 7) is 3.63. The van der Waals surface area contributed by atoms with Gasteiger partial charge < -0.3 is 14.8 Å². The molecule has 1 amide bonds. The minimum absolute atomic E-state index is 0.0474. The van der Waals surface area contributed by atoms with Crippen LogP contribution in [0.4, 0.5) is 5.69 Å². The van der Waals surface area contributed by atoms with Crippen molar-refractivity contribution < 1.29 is 14.3 Å². The molecule has 8 nitrogen and oxygen atoms in total. The quantitative estimate of drug-likeness (QED) is 0.263. The second-order valence-corrected chi connectivity index (χ2v) is 9.71. The first-order chi connectivity index (χ1) is 17.8. The number of halogens is 2. The lowest BCUT2D eigenvalue weighted by molar-refractivity contribution is -0.118. The Kier molecular flexibility index (Phi) is 8.25. The molecule has 0 saturated carbocycles. The molecule has 0 aliphatic rings. The Bertz CT molecular complexity index is 1540. The van der Waals surface area contributed by atoms with E-state index in [9.17, 15) is 9.59 Å². The van der Waals surface area contributed by atoms with Gasteiger partial charge >= 0.3 is 0 Å². The van der Waals surface area contributed by atoms with Crippen LogP contribution in [0.25, 0.3) is 10.9 Å². The van der Waals surface area contributed by atoms with Crippen molar-refractivity contribution in [2.24, 2.45) is 5.10 Å². The third-order valence-corrected chi connectivity index (χ3v) is 6.10. The molecule has 3 aromatic carbocycles. The maximum Gasteiger partial charge on any atom is 0.282 e. The summed E-state index contributed by atoms with van der Waals surface area (Å²) in [6, 6.07) is 17.7. The SMILES string of the molecule is COc1cc(C=Nn2c(C(C)C)nc3ccc(Br)cc3c2=O)cc(Cl)c1OCC(=O)Nc1ccccc1. The summed E-state index contributed by atoms with van der Waals surface area (Å²) in [6.07, 6.45) is 1.50. The second kappa shape index (κ2) is 11.6. The normalized spacial score (nSPS) is 11.3. The van der Waals surface area contributed by atoms with Gasteiger partial charge in [0.1, 0.15) is 5.82 Å². The van der Waals surface area contributed by atoms with Gasteiger partial charge in [-0.2, -0.15) is 9.78 Å². The van der Waals surface area contributed by atoms with E-state index in [0.717, 1.165) is 4.47 Å². The molecule has 0 saturated heterocycles. The smallest absolute Gasteiger partial charge is 0.282 e. The molecule has 0 aliphatic heterocycles. The van der Waals surface area contributed by atoms with Crippen LogP contribution in [0.3, 0.4) is 0 Å². The van der Waals surface area contributed by atoms with Gasteiger partial charge in [-0.25, -0.2) is 4.98 Å². The molecule has 1 heterocycles. The Morgan fingerprint density at radius 2 is 1.95 bits per heavy atom. The molecule has 0 fully saturated rings. The fraction of sp³-hybridized carbons (Fsp3) is 0.185. The zero-order valence-corrected chi connectivity index (χ0v) is 22.7. The number of nitrogens with zero attached hydrogens (tertiary/aromatic N) is 3. The fourth-order valence-corrected chi connectivity index (χ4v) is 4.22. The average Bonchev–Trinajstić information content (AvgIpc) is 2.87. The summed E-state index contributed by atoms with van der Waals surface area (Å²) in [5, 5.41) is 7.85. The average molecular weight is 584 g/mol. The number of anilines is 1. The topological polar surface area (TPSA) is 94.8 Å². The van der Waals surface area contributed by atoms with Crippen molar-refractivity contribution >= 4 is 56.2 Å². The van der Waals surface area contributed by atoms with Gasteiger partial charge in [0.15, 0.2) is 18.1 Å². The van der Waals surface area contributed by atoms with Crippen LogP contribution in [0.5, 0.6) is 11.5 Å². The molecule has 1 N–H and O–H groups in total. The van der Waals surface area contributed by atoms with Gasteiger partial charge in [-0.3, -0.25) is 9.59 Å². The molecule has 0 spiro atoms. The summed E-state index contributed by atoms with van der Waals surface area (Å²) < 4.78 is 13.2. The van der Waals surface area contributed by atoms with E-state index in [1.54, 1.807) is 36.4 Å². The van der Waals surface area contributed by atoms with E-state index in [0.29, 0.717) is 33.7 Å². The number of para-hydroxylation sites is 1. The number of methoxy groups -OCH3 is 1. The van der Waals surface area contributed by atoms with Crippen molar-refractivity contribution in [1.29, 1.82) is 0 Å². The first-order valence-electron chi connectivity index (χ1n) is 11.4. The summed E-state index contributed by atoms with van der Waals surface area (Å²) in [5.74, 6) is 0.679. The van der Waals surface area contributed by atoms with E-state index in [1.165, 1.54) is 18.0 Å². The third kappa shape index (κ3) is 6.18. The van der Waals surface area contributed by atoms with Crippen molar-refractivity contribution in [2.75, 3.05) is 19.0 Å². The largest absolute Gasteiger partial charge is 0.493 e. The number of ether oxygens (including phenoxy) is 2. The molecule has 1 aromatic heterocycles. The number of hydrogen-bond acceptors (Lipinski definition) is 6. The molecular weight excluding hydrogens is 560 g/mol. The van der Waals surface area contributed by atoms with E-state index in [1.807, 2.05) is 38.1 Å². The number of aromatic nitrogens is 2. The number of rotatable bonds is 8. The molecule has 0 unspecified atom stereocenters. The summed E-state index contributed by atoms with van der Waals surface area (Å²) in [7, 11) is 1.47.